The lowest BCUT2D eigenvalue weighted by Crippen LogP contribution is -2.25. The van der Waals surface area contributed by atoms with Crippen LogP contribution < -0.4 is 21.8 Å². The van der Waals surface area contributed by atoms with E-state index in [2.05, 4.69) is 21.2 Å². The van der Waals surface area contributed by atoms with Crippen molar-refractivity contribution in [1.29, 1.82) is 0 Å². The smallest absolute Gasteiger partial charge is 0.323 e. The predicted octanol–water partition coefficient (Wildman–Crippen LogP) is 3.54. The van der Waals surface area contributed by atoms with E-state index in [1.165, 1.54) is 0 Å². The van der Waals surface area contributed by atoms with Crippen molar-refractivity contribution in [2.75, 3.05) is 10.6 Å². The van der Waals surface area contributed by atoms with Crippen LogP contribution in [-0.2, 0) is 0 Å². The minimum Gasteiger partial charge on any atom is -0.375 e. The van der Waals surface area contributed by atoms with Crippen molar-refractivity contribution in [3.63, 3.8) is 0 Å². The van der Waals surface area contributed by atoms with Crippen LogP contribution in [0.25, 0.3) is 0 Å². The van der Waals surface area contributed by atoms with Gasteiger partial charge in [-0.3, -0.25) is 5.43 Å². The quantitative estimate of drug-likeness (QED) is 0.381. The number of hydrogen-bond donors (Lipinski definition) is 4. The number of nitrogens with two attached hydrogens (primary N) is 1. The van der Waals surface area contributed by atoms with Gasteiger partial charge >= 0.3 is 6.03 Å². The molecule has 0 spiro atoms. The highest BCUT2D eigenvalue weighted by atomic mass is 35.5. The van der Waals surface area contributed by atoms with Gasteiger partial charge in [0.1, 0.15) is 0 Å². The third-order valence-electron chi connectivity index (χ3n) is 3.00. The maximum atomic E-state index is 11.9. The summed E-state index contributed by atoms with van der Waals surface area (Å²) in [5.41, 5.74) is 10.8. The Balaban J connectivity index is 1.95. The van der Waals surface area contributed by atoms with Crippen molar-refractivity contribution in [3.05, 3.63) is 59.1 Å². The van der Waals surface area contributed by atoms with Gasteiger partial charge in [0.2, 0.25) is 0 Å². The average Bonchev–Trinajstić information content (AvgIpc) is 2.55. The first-order valence-electron chi connectivity index (χ1n) is 6.98. The molecule has 0 radical (unpaired) electrons. The highest BCUT2D eigenvalue weighted by Crippen LogP contribution is 2.15. The van der Waals surface area contributed by atoms with Crippen molar-refractivity contribution in [3.8, 4) is 0 Å². The molecular weight excluding hydrogens is 346 g/mol. The number of thiocarbonyl (C=S) groups is 1. The standard InChI is InChI=1S/C16H16ClN5OS/c1-10(21-22-15(18)24)11-2-6-13(7-3-11)19-16(23)20-14-8-4-12(17)5-9-14/h2-9H,1H3,(H3,18,22,24)(H2,19,20,23). The minimum absolute atomic E-state index is 0.103. The molecule has 0 aromatic heterocycles. The number of carbonyl (C=O) groups excluding carboxylic acids is 1. The maximum Gasteiger partial charge on any atom is 0.323 e. The SMILES string of the molecule is CC(=NNC(N)=S)c1ccc(NC(=O)Nc2ccc(Cl)cc2)cc1. The van der Waals surface area contributed by atoms with Gasteiger partial charge in [-0.05, 0) is 61.1 Å². The number of nitrogens with zero attached hydrogens (tertiary/aromatic N) is 1. The Hall–Kier alpha value is -2.64. The molecular formula is C16H16ClN5OS. The van der Waals surface area contributed by atoms with Gasteiger partial charge in [-0.15, -0.1) is 0 Å². The molecule has 0 saturated carbocycles. The molecule has 0 heterocycles. The van der Waals surface area contributed by atoms with Crippen LogP contribution in [-0.4, -0.2) is 16.9 Å². The summed E-state index contributed by atoms with van der Waals surface area (Å²) < 4.78 is 0. The van der Waals surface area contributed by atoms with Gasteiger partial charge in [-0.1, -0.05) is 23.7 Å². The van der Waals surface area contributed by atoms with E-state index >= 15 is 0 Å². The van der Waals surface area contributed by atoms with Crippen LogP contribution in [0.4, 0.5) is 16.2 Å². The Kier molecular flexibility index (Phi) is 6.11. The van der Waals surface area contributed by atoms with E-state index in [0.29, 0.717) is 16.4 Å². The highest BCUT2D eigenvalue weighted by Gasteiger charge is 2.04. The van der Waals surface area contributed by atoms with Crippen molar-refractivity contribution in [1.82, 2.24) is 5.43 Å². The van der Waals surface area contributed by atoms with E-state index in [9.17, 15) is 4.79 Å². The fraction of sp³-hybridized carbons (Fsp3) is 0.0625. The zero-order valence-corrected chi connectivity index (χ0v) is 14.4. The van der Waals surface area contributed by atoms with Crippen LogP contribution in [0.1, 0.15) is 12.5 Å². The molecule has 0 unspecified atom stereocenters. The monoisotopic (exact) mass is 361 g/mol. The third-order valence-corrected chi connectivity index (χ3v) is 3.34. The van der Waals surface area contributed by atoms with E-state index in [1.54, 1.807) is 36.4 Å². The summed E-state index contributed by atoms with van der Waals surface area (Å²) in [6.45, 7) is 1.82. The van der Waals surface area contributed by atoms with Gasteiger partial charge in [0, 0.05) is 16.4 Å². The molecule has 0 fully saturated rings. The Bertz CT molecular complexity index is 759. The van der Waals surface area contributed by atoms with Crippen LogP contribution in [0.15, 0.2) is 53.6 Å². The second-order valence-electron chi connectivity index (χ2n) is 4.84. The molecule has 2 aromatic rings. The van der Waals surface area contributed by atoms with E-state index in [-0.39, 0.29) is 11.1 Å². The summed E-state index contributed by atoms with van der Waals surface area (Å²) in [6, 6.07) is 13.7. The van der Waals surface area contributed by atoms with Gasteiger partial charge in [-0.25, -0.2) is 4.79 Å². The number of rotatable bonds is 4. The number of hydrazone groups is 1. The van der Waals surface area contributed by atoms with E-state index in [1.807, 2.05) is 19.1 Å². The van der Waals surface area contributed by atoms with Crippen LogP contribution in [0.5, 0.6) is 0 Å². The number of hydrogen-bond acceptors (Lipinski definition) is 3. The molecule has 2 rings (SSSR count). The van der Waals surface area contributed by atoms with E-state index in [4.69, 9.17) is 29.6 Å². The second kappa shape index (κ2) is 8.28. The van der Waals surface area contributed by atoms with Crippen LogP contribution in [0, 0.1) is 0 Å². The summed E-state index contributed by atoms with van der Waals surface area (Å²) in [7, 11) is 0. The molecule has 24 heavy (non-hydrogen) atoms. The molecule has 5 N–H and O–H groups in total. The second-order valence-corrected chi connectivity index (χ2v) is 5.71. The maximum absolute atomic E-state index is 11.9. The molecule has 0 aliphatic rings. The topological polar surface area (TPSA) is 91.5 Å². The van der Waals surface area contributed by atoms with Crippen molar-refractivity contribution < 1.29 is 4.79 Å². The largest absolute Gasteiger partial charge is 0.375 e. The van der Waals surface area contributed by atoms with E-state index in [0.717, 1.165) is 11.3 Å². The number of halogens is 1. The Morgan fingerprint density at radius 1 is 1.04 bits per heavy atom. The lowest BCUT2D eigenvalue weighted by molar-refractivity contribution is 0.262. The summed E-state index contributed by atoms with van der Waals surface area (Å²) in [4.78, 5) is 11.9. The van der Waals surface area contributed by atoms with Gasteiger partial charge in [0.15, 0.2) is 5.11 Å². The van der Waals surface area contributed by atoms with E-state index < -0.39 is 0 Å². The molecule has 0 bridgehead atoms. The van der Waals surface area contributed by atoms with Crippen LogP contribution in [0.3, 0.4) is 0 Å². The third kappa shape index (κ3) is 5.53. The Labute approximate surface area is 150 Å². The lowest BCUT2D eigenvalue weighted by atomic mass is 10.1. The zero-order chi connectivity index (χ0) is 17.5. The number of nitrogens with one attached hydrogen (secondary N) is 3. The highest BCUT2D eigenvalue weighted by molar-refractivity contribution is 7.80. The number of anilines is 2. The molecule has 8 heteroatoms. The van der Waals surface area contributed by atoms with Gasteiger partial charge in [-0.2, -0.15) is 5.10 Å². The van der Waals surface area contributed by atoms with Gasteiger partial charge in [0.05, 0.1) is 5.71 Å². The first-order chi connectivity index (χ1) is 11.4. The van der Waals surface area contributed by atoms with Gasteiger partial charge in [0.25, 0.3) is 0 Å². The van der Waals surface area contributed by atoms with Crippen LogP contribution >= 0.6 is 23.8 Å². The van der Waals surface area contributed by atoms with Crippen molar-refractivity contribution in [2.24, 2.45) is 10.8 Å². The van der Waals surface area contributed by atoms with Crippen molar-refractivity contribution >= 4 is 52.0 Å². The number of amides is 2. The molecule has 2 aromatic carbocycles. The number of urea groups is 1. The first-order valence-corrected chi connectivity index (χ1v) is 7.76. The normalized spacial score (nSPS) is 10.8. The Morgan fingerprint density at radius 3 is 2.04 bits per heavy atom. The first kappa shape index (κ1) is 17.7. The molecule has 0 saturated heterocycles. The zero-order valence-electron chi connectivity index (χ0n) is 12.8. The fourth-order valence-electron chi connectivity index (χ4n) is 1.82. The molecule has 124 valence electrons. The predicted molar refractivity (Wildman–Crippen MR) is 103 cm³/mol. The molecule has 0 aliphatic carbocycles. The molecule has 0 aliphatic heterocycles. The molecule has 2 amide bonds. The Morgan fingerprint density at radius 2 is 1.54 bits per heavy atom. The minimum atomic E-state index is -0.342. The summed E-state index contributed by atoms with van der Waals surface area (Å²) in [5.74, 6) is 0. The number of carbonyl (C=O) groups is 1. The van der Waals surface area contributed by atoms with Gasteiger partial charge < -0.3 is 16.4 Å². The molecule has 0 atom stereocenters. The number of benzene rings is 2. The van der Waals surface area contributed by atoms with Crippen molar-refractivity contribution in [2.45, 2.75) is 6.92 Å². The van der Waals surface area contributed by atoms with Crippen LogP contribution in [0.2, 0.25) is 5.02 Å². The molecule has 6 nitrogen and oxygen atoms in total. The lowest BCUT2D eigenvalue weighted by Gasteiger charge is -2.08. The summed E-state index contributed by atoms with van der Waals surface area (Å²) >= 11 is 10.5. The fourth-order valence-corrected chi connectivity index (χ4v) is 2.00. The average molecular weight is 362 g/mol. The summed E-state index contributed by atoms with van der Waals surface area (Å²) in [6.07, 6.45) is 0. The summed E-state index contributed by atoms with van der Waals surface area (Å²) in [5, 5.41) is 10.2.